The highest BCUT2D eigenvalue weighted by Gasteiger charge is 2.30. The van der Waals surface area contributed by atoms with Gasteiger partial charge < -0.3 is 20.1 Å². The van der Waals surface area contributed by atoms with Crippen molar-refractivity contribution in [3.8, 4) is 17.0 Å². The van der Waals surface area contributed by atoms with E-state index in [1.54, 1.807) is 28.8 Å². The molecule has 0 aliphatic carbocycles. The lowest BCUT2D eigenvalue weighted by Crippen LogP contribution is -2.19. The fraction of sp³-hybridized carbons (Fsp3) is 0.261. The van der Waals surface area contributed by atoms with Gasteiger partial charge in [0.15, 0.2) is 0 Å². The average molecular weight is 424 g/mol. The van der Waals surface area contributed by atoms with Crippen LogP contribution in [0.1, 0.15) is 48.2 Å². The zero-order chi connectivity index (χ0) is 22.8. The molecule has 3 aromatic rings. The summed E-state index contributed by atoms with van der Waals surface area (Å²) in [7, 11) is 0. The zero-order valence-corrected chi connectivity index (χ0v) is 17.5. The van der Waals surface area contributed by atoms with Crippen LogP contribution < -0.4 is 4.74 Å². The van der Waals surface area contributed by atoms with E-state index in [0.717, 1.165) is 11.1 Å². The van der Waals surface area contributed by atoms with Gasteiger partial charge in [-0.2, -0.15) is 0 Å². The zero-order valence-electron chi connectivity index (χ0n) is 17.5. The number of hydrogen-bond acceptors (Lipinski definition) is 5. The number of imidazole rings is 1. The minimum absolute atomic E-state index is 0.0165. The highest BCUT2D eigenvalue weighted by molar-refractivity contribution is 5.95. The van der Waals surface area contributed by atoms with Crippen LogP contribution in [0, 0.1) is 0 Å². The van der Waals surface area contributed by atoms with Crippen molar-refractivity contribution in [2.24, 2.45) is 0 Å². The van der Waals surface area contributed by atoms with Crippen LogP contribution in [0.3, 0.4) is 0 Å². The van der Waals surface area contributed by atoms with Crippen molar-refractivity contribution in [1.29, 1.82) is 0 Å². The van der Waals surface area contributed by atoms with Gasteiger partial charge in [0.25, 0.3) is 0 Å². The number of carboxylic acids is 1. The molecule has 1 aromatic heterocycles. The van der Waals surface area contributed by atoms with Gasteiger partial charge in [0, 0.05) is 6.42 Å². The Hall–Kier alpha value is -3.65. The van der Waals surface area contributed by atoms with Gasteiger partial charge in [-0.25, -0.2) is 14.6 Å². The Morgan fingerprint density at radius 1 is 1.06 bits per heavy atom. The molecule has 31 heavy (non-hydrogen) atoms. The Kier molecular flexibility index (Phi) is 6.12. The molecule has 0 unspecified atom stereocenters. The highest BCUT2D eigenvalue weighted by Crippen LogP contribution is 2.32. The third-order valence-electron chi connectivity index (χ3n) is 4.84. The highest BCUT2D eigenvalue weighted by atomic mass is 16.7. The van der Waals surface area contributed by atoms with E-state index in [9.17, 15) is 19.8 Å². The standard InChI is InChI=1S/C23H24N2O6/c1-4-18-24-19(23(2,3)30)20(31-22(28)29)25(18)13-14-9-11-15(12-10-14)16-7-5-6-8-17(16)21(26)27/h5-12,30H,4,13H2,1-3H3,(H,26,27)(H,28,29). The van der Waals surface area contributed by atoms with Crippen molar-refractivity contribution in [2.75, 3.05) is 0 Å². The second-order valence-corrected chi connectivity index (χ2v) is 7.60. The predicted molar refractivity (Wildman–Crippen MR) is 113 cm³/mol. The molecule has 0 fully saturated rings. The van der Waals surface area contributed by atoms with E-state index in [-0.39, 0.29) is 23.7 Å². The average Bonchev–Trinajstić information content (AvgIpc) is 3.05. The van der Waals surface area contributed by atoms with Crippen molar-refractivity contribution in [1.82, 2.24) is 9.55 Å². The summed E-state index contributed by atoms with van der Waals surface area (Å²) in [6.45, 7) is 5.18. The first-order chi connectivity index (χ1) is 14.6. The molecular weight excluding hydrogens is 400 g/mol. The van der Waals surface area contributed by atoms with E-state index in [2.05, 4.69) is 4.98 Å². The quantitative estimate of drug-likeness (QED) is 0.487. The van der Waals surface area contributed by atoms with Gasteiger partial charge in [-0.15, -0.1) is 0 Å². The SMILES string of the molecule is CCc1nc(C(C)(C)O)c(OC(=O)O)n1Cc1ccc(-c2ccccc2C(=O)O)cc1. The first-order valence-corrected chi connectivity index (χ1v) is 9.76. The van der Waals surface area contributed by atoms with E-state index in [1.165, 1.54) is 13.8 Å². The minimum atomic E-state index is -1.49. The lowest BCUT2D eigenvalue weighted by atomic mass is 9.99. The van der Waals surface area contributed by atoms with Gasteiger partial charge >= 0.3 is 12.1 Å². The van der Waals surface area contributed by atoms with E-state index in [4.69, 9.17) is 9.84 Å². The largest absolute Gasteiger partial charge is 0.512 e. The Balaban J connectivity index is 1.99. The summed E-state index contributed by atoms with van der Waals surface area (Å²) in [5.74, 6) is -0.439. The van der Waals surface area contributed by atoms with Crippen molar-refractivity contribution in [3.63, 3.8) is 0 Å². The lowest BCUT2D eigenvalue weighted by molar-refractivity contribution is 0.0686. The van der Waals surface area contributed by atoms with Crippen molar-refractivity contribution >= 4 is 12.1 Å². The Morgan fingerprint density at radius 2 is 1.71 bits per heavy atom. The van der Waals surface area contributed by atoms with Gasteiger partial charge in [0.2, 0.25) is 5.88 Å². The van der Waals surface area contributed by atoms with Crippen molar-refractivity contribution in [3.05, 3.63) is 71.2 Å². The molecule has 1 heterocycles. The van der Waals surface area contributed by atoms with Gasteiger partial charge in [0.1, 0.15) is 17.1 Å². The summed E-state index contributed by atoms with van der Waals surface area (Å²) < 4.78 is 6.61. The number of carboxylic acid groups (broad SMARTS) is 2. The number of hydrogen-bond donors (Lipinski definition) is 3. The van der Waals surface area contributed by atoms with Crippen LogP contribution in [0.5, 0.6) is 5.88 Å². The fourth-order valence-corrected chi connectivity index (χ4v) is 3.39. The van der Waals surface area contributed by atoms with Crippen molar-refractivity contribution < 1.29 is 29.6 Å². The van der Waals surface area contributed by atoms with Gasteiger partial charge in [0.05, 0.1) is 12.1 Å². The summed E-state index contributed by atoms with van der Waals surface area (Å²) in [5.41, 5.74) is 1.18. The normalized spacial score (nSPS) is 11.4. The second-order valence-electron chi connectivity index (χ2n) is 7.60. The van der Waals surface area contributed by atoms with E-state index in [1.807, 2.05) is 31.2 Å². The molecule has 2 aromatic carbocycles. The molecule has 3 rings (SSSR count). The lowest BCUT2D eigenvalue weighted by Gasteiger charge is -2.17. The van der Waals surface area contributed by atoms with Gasteiger partial charge in [-0.1, -0.05) is 49.4 Å². The molecule has 0 saturated carbocycles. The maximum absolute atomic E-state index is 11.5. The van der Waals surface area contributed by atoms with Crippen LogP contribution in [0.2, 0.25) is 0 Å². The molecular formula is C23H24N2O6. The molecule has 162 valence electrons. The molecule has 0 bridgehead atoms. The third kappa shape index (κ3) is 4.75. The molecule has 0 aliphatic rings. The Labute approximate surface area is 179 Å². The topological polar surface area (TPSA) is 122 Å². The van der Waals surface area contributed by atoms with Crippen LogP contribution in [0.25, 0.3) is 11.1 Å². The minimum Gasteiger partial charge on any atom is -0.478 e. The summed E-state index contributed by atoms with van der Waals surface area (Å²) in [6, 6.07) is 14.1. The molecule has 8 heteroatoms. The predicted octanol–water partition coefficient (Wildman–Crippen LogP) is 4.14. The van der Waals surface area contributed by atoms with Gasteiger partial charge in [-0.3, -0.25) is 4.57 Å². The number of aliphatic hydroxyl groups is 1. The van der Waals surface area contributed by atoms with E-state index in [0.29, 0.717) is 17.8 Å². The molecule has 0 spiro atoms. The number of aromatic carboxylic acids is 1. The van der Waals surface area contributed by atoms with Crippen molar-refractivity contribution in [2.45, 2.75) is 39.3 Å². The van der Waals surface area contributed by atoms with E-state index >= 15 is 0 Å². The third-order valence-corrected chi connectivity index (χ3v) is 4.84. The van der Waals surface area contributed by atoms with Crippen LogP contribution in [-0.4, -0.2) is 37.0 Å². The molecule has 0 aliphatic heterocycles. The number of ether oxygens (including phenoxy) is 1. The van der Waals surface area contributed by atoms with Crippen LogP contribution >= 0.6 is 0 Å². The maximum Gasteiger partial charge on any atom is 0.512 e. The molecule has 8 nitrogen and oxygen atoms in total. The number of aryl methyl sites for hydroxylation is 1. The first kappa shape index (κ1) is 22.0. The number of rotatable bonds is 7. The number of carbonyl (C=O) groups is 2. The summed E-state index contributed by atoms with van der Waals surface area (Å²) in [5, 5.41) is 29.0. The molecule has 0 radical (unpaired) electrons. The monoisotopic (exact) mass is 424 g/mol. The molecule has 0 saturated heterocycles. The molecule has 3 N–H and O–H groups in total. The number of aromatic nitrogens is 2. The molecule has 0 atom stereocenters. The molecule has 0 amide bonds. The van der Waals surface area contributed by atoms with Crippen LogP contribution in [0.15, 0.2) is 48.5 Å². The maximum atomic E-state index is 11.5. The summed E-state index contributed by atoms with van der Waals surface area (Å²) >= 11 is 0. The number of nitrogens with zero attached hydrogens (tertiary/aromatic N) is 2. The van der Waals surface area contributed by atoms with Gasteiger partial charge in [-0.05, 0) is 36.6 Å². The van der Waals surface area contributed by atoms with E-state index < -0.39 is 17.7 Å². The first-order valence-electron chi connectivity index (χ1n) is 9.76. The summed E-state index contributed by atoms with van der Waals surface area (Å²) in [4.78, 5) is 27.1. The Morgan fingerprint density at radius 3 is 2.26 bits per heavy atom. The second kappa shape index (κ2) is 8.61. The number of benzene rings is 2. The van der Waals surface area contributed by atoms with Crippen LogP contribution in [-0.2, 0) is 18.6 Å². The summed E-state index contributed by atoms with van der Waals surface area (Å²) in [6.07, 6.45) is -0.981. The van der Waals surface area contributed by atoms with Crippen LogP contribution in [0.4, 0.5) is 4.79 Å². The smallest absolute Gasteiger partial charge is 0.478 e. The Bertz CT molecular complexity index is 1110. The fourth-order valence-electron chi connectivity index (χ4n) is 3.39.